The standard InChI is InChI=1S/C13H17F2NO2/c1-8(2)9-3-5-10(6-4-9)13(18)16-7-11(17)12(14)15/h3-6,8,11-12,17H,7H2,1-2H3,(H,16,18). The highest BCUT2D eigenvalue weighted by molar-refractivity contribution is 5.94. The van der Waals surface area contributed by atoms with Gasteiger partial charge in [-0.1, -0.05) is 26.0 Å². The normalized spacial score (nSPS) is 12.8. The molecule has 5 heteroatoms. The van der Waals surface area contributed by atoms with Crippen molar-refractivity contribution in [1.82, 2.24) is 5.32 Å². The molecule has 0 aliphatic heterocycles. The number of carbonyl (C=O) groups excluding carboxylic acids is 1. The van der Waals surface area contributed by atoms with Gasteiger partial charge in [-0.2, -0.15) is 0 Å². The van der Waals surface area contributed by atoms with Gasteiger partial charge in [-0.05, 0) is 23.6 Å². The van der Waals surface area contributed by atoms with Crippen LogP contribution in [0.1, 0.15) is 35.7 Å². The highest BCUT2D eigenvalue weighted by atomic mass is 19.3. The Morgan fingerprint density at radius 1 is 1.28 bits per heavy atom. The molecule has 1 rings (SSSR count). The summed E-state index contributed by atoms with van der Waals surface area (Å²) in [5, 5.41) is 11.1. The van der Waals surface area contributed by atoms with Gasteiger partial charge in [0.2, 0.25) is 0 Å². The van der Waals surface area contributed by atoms with Gasteiger partial charge in [0.1, 0.15) is 6.10 Å². The lowest BCUT2D eigenvalue weighted by atomic mass is 10.0. The second-order valence-electron chi connectivity index (χ2n) is 4.39. The van der Waals surface area contributed by atoms with E-state index in [0.29, 0.717) is 11.5 Å². The van der Waals surface area contributed by atoms with Gasteiger partial charge in [0, 0.05) is 12.1 Å². The number of hydrogen-bond donors (Lipinski definition) is 2. The van der Waals surface area contributed by atoms with E-state index in [1.165, 1.54) is 0 Å². The first-order valence-corrected chi connectivity index (χ1v) is 5.76. The minimum atomic E-state index is -2.85. The van der Waals surface area contributed by atoms with Gasteiger partial charge < -0.3 is 10.4 Å². The van der Waals surface area contributed by atoms with Crippen molar-refractivity contribution in [3.05, 3.63) is 35.4 Å². The van der Waals surface area contributed by atoms with Crippen molar-refractivity contribution in [3.63, 3.8) is 0 Å². The fourth-order valence-electron chi connectivity index (χ4n) is 1.41. The van der Waals surface area contributed by atoms with Crippen LogP contribution in [0.15, 0.2) is 24.3 Å². The Bertz CT molecular complexity index is 390. The SMILES string of the molecule is CC(C)c1ccc(C(=O)NCC(O)C(F)F)cc1. The molecule has 2 N–H and O–H groups in total. The predicted octanol–water partition coefficient (Wildman–Crippen LogP) is 2.17. The molecular formula is C13H17F2NO2. The third kappa shape index (κ3) is 4.07. The second-order valence-corrected chi connectivity index (χ2v) is 4.39. The molecule has 0 aromatic heterocycles. The smallest absolute Gasteiger partial charge is 0.265 e. The van der Waals surface area contributed by atoms with Crippen molar-refractivity contribution < 1.29 is 18.7 Å². The molecule has 0 fully saturated rings. The lowest BCUT2D eigenvalue weighted by molar-refractivity contribution is -0.00270. The van der Waals surface area contributed by atoms with Crippen LogP contribution >= 0.6 is 0 Å². The van der Waals surface area contributed by atoms with E-state index in [2.05, 4.69) is 5.32 Å². The van der Waals surface area contributed by atoms with Crippen molar-refractivity contribution in [2.45, 2.75) is 32.3 Å². The molecule has 1 aromatic rings. The summed E-state index contributed by atoms with van der Waals surface area (Å²) in [5.41, 5.74) is 1.49. The number of aliphatic hydroxyl groups is 1. The topological polar surface area (TPSA) is 49.3 Å². The number of hydrogen-bond acceptors (Lipinski definition) is 2. The summed E-state index contributed by atoms with van der Waals surface area (Å²) >= 11 is 0. The van der Waals surface area contributed by atoms with Crippen molar-refractivity contribution >= 4 is 5.91 Å². The van der Waals surface area contributed by atoms with Crippen LogP contribution in [-0.2, 0) is 0 Å². The third-order valence-corrected chi connectivity index (χ3v) is 2.60. The fraction of sp³-hybridized carbons (Fsp3) is 0.462. The van der Waals surface area contributed by atoms with Crippen LogP contribution in [0.25, 0.3) is 0 Å². The van der Waals surface area contributed by atoms with Crippen LogP contribution < -0.4 is 5.32 Å². The summed E-state index contributed by atoms with van der Waals surface area (Å²) in [4.78, 5) is 11.6. The third-order valence-electron chi connectivity index (χ3n) is 2.60. The van der Waals surface area contributed by atoms with Crippen LogP contribution in [0.2, 0.25) is 0 Å². The van der Waals surface area contributed by atoms with Gasteiger partial charge in [-0.3, -0.25) is 4.79 Å². The molecular weight excluding hydrogens is 240 g/mol. The maximum Gasteiger partial charge on any atom is 0.265 e. The second kappa shape index (κ2) is 6.44. The number of aliphatic hydroxyl groups excluding tert-OH is 1. The Balaban J connectivity index is 2.57. The number of benzene rings is 1. The minimum absolute atomic E-state index is 0.364. The van der Waals surface area contributed by atoms with E-state index in [1.54, 1.807) is 12.1 Å². The summed E-state index contributed by atoms with van der Waals surface area (Å²) < 4.78 is 24.0. The van der Waals surface area contributed by atoms with Crippen LogP contribution in [-0.4, -0.2) is 30.1 Å². The zero-order chi connectivity index (χ0) is 13.7. The molecule has 1 unspecified atom stereocenters. The summed E-state index contributed by atoms with van der Waals surface area (Å²) in [6.07, 6.45) is -4.68. The van der Waals surface area contributed by atoms with Gasteiger partial charge in [0.05, 0.1) is 0 Å². The van der Waals surface area contributed by atoms with Gasteiger partial charge in [0.15, 0.2) is 0 Å². The van der Waals surface area contributed by atoms with E-state index in [1.807, 2.05) is 26.0 Å². The number of alkyl halides is 2. The summed E-state index contributed by atoms with van der Waals surface area (Å²) in [5.74, 6) is -0.104. The fourth-order valence-corrected chi connectivity index (χ4v) is 1.41. The highest BCUT2D eigenvalue weighted by Gasteiger charge is 2.17. The van der Waals surface area contributed by atoms with Gasteiger partial charge in [-0.25, -0.2) is 8.78 Å². The number of halogens is 2. The zero-order valence-electron chi connectivity index (χ0n) is 10.4. The first-order valence-electron chi connectivity index (χ1n) is 5.76. The Morgan fingerprint density at radius 3 is 2.28 bits per heavy atom. The van der Waals surface area contributed by atoms with Crippen molar-refractivity contribution in [3.8, 4) is 0 Å². The lowest BCUT2D eigenvalue weighted by Crippen LogP contribution is -2.35. The highest BCUT2D eigenvalue weighted by Crippen LogP contribution is 2.14. The van der Waals surface area contributed by atoms with Gasteiger partial charge in [0.25, 0.3) is 12.3 Å². The summed E-state index contributed by atoms with van der Waals surface area (Å²) in [6.45, 7) is 3.62. The van der Waals surface area contributed by atoms with Crippen molar-refractivity contribution in [1.29, 1.82) is 0 Å². The largest absolute Gasteiger partial charge is 0.385 e. The summed E-state index contributed by atoms with van der Waals surface area (Å²) in [7, 11) is 0. The Labute approximate surface area is 105 Å². The van der Waals surface area contributed by atoms with Gasteiger partial charge >= 0.3 is 0 Å². The molecule has 0 saturated heterocycles. The lowest BCUT2D eigenvalue weighted by Gasteiger charge is -2.11. The van der Waals surface area contributed by atoms with Crippen molar-refractivity contribution in [2.75, 3.05) is 6.54 Å². The average Bonchev–Trinajstić information content (AvgIpc) is 2.35. The molecule has 0 bridgehead atoms. The van der Waals surface area contributed by atoms with Crippen LogP contribution in [0.5, 0.6) is 0 Å². The molecule has 18 heavy (non-hydrogen) atoms. The number of rotatable bonds is 5. The molecule has 3 nitrogen and oxygen atoms in total. The summed E-state index contributed by atoms with van der Waals surface area (Å²) in [6, 6.07) is 6.92. The Kier molecular flexibility index (Phi) is 5.22. The van der Waals surface area contributed by atoms with E-state index in [0.717, 1.165) is 5.56 Å². The predicted molar refractivity (Wildman–Crippen MR) is 64.9 cm³/mol. The number of carbonyl (C=O) groups is 1. The van der Waals surface area contributed by atoms with Crippen molar-refractivity contribution in [2.24, 2.45) is 0 Å². The Hall–Kier alpha value is -1.49. The molecule has 1 aromatic carbocycles. The van der Waals surface area contributed by atoms with Gasteiger partial charge in [-0.15, -0.1) is 0 Å². The number of amides is 1. The van der Waals surface area contributed by atoms with E-state index in [4.69, 9.17) is 5.11 Å². The molecule has 0 aliphatic rings. The minimum Gasteiger partial charge on any atom is -0.385 e. The van der Waals surface area contributed by atoms with Crippen LogP contribution in [0.3, 0.4) is 0 Å². The molecule has 0 heterocycles. The maximum absolute atomic E-state index is 12.0. The first kappa shape index (κ1) is 14.6. The molecule has 0 aliphatic carbocycles. The molecule has 1 atom stereocenters. The quantitative estimate of drug-likeness (QED) is 0.849. The molecule has 0 saturated carbocycles. The zero-order valence-corrected chi connectivity index (χ0v) is 10.4. The maximum atomic E-state index is 12.0. The van der Waals surface area contributed by atoms with Crippen LogP contribution in [0, 0.1) is 0 Å². The van der Waals surface area contributed by atoms with E-state index >= 15 is 0 Å². The molecule has 1 amide bonds. The average molecular weight is 257 g/mol. The molecule has 0 spiro atoms. The molecule has 100 valence electrons. The van der Waals surface area contributed by atoms with E-state index < -0.39 is 25.0 Å². The monoisotopic (exact) mass is 257 g/mol. The number of nitrogens with one attached hydrogen (secondary N) is 1. The Morgan fingerprint density at radius 2 is 1.83 bits per heavy atom. The first-order chi connectivity index (χ1) is 8.41. The van der Waals surface area contributed by atoms with E-state index in [-0.39, 0.29) is 0 Å². The van der Waals surface area contributed by atoms with Crippen LogP contribution in [0.4, 0.5) is 8.78 Å². The molecule has 0 radical (unpaired) electrons. The van der Waals surface area contributed by atoms with E-state index in [9.17, 15) is 13.6 Å².